The third-order valence-corrected chi connectivity index (χ3v) is 7.55. The highest BCUT2D eigenvalue weighted by atomic mass is 16.5. The van der Waals surface area contributed by atoms with Gasteiger partial charge in [-0.2, -0.15) is 0 Å². The minimum absolute atomic E-state index is 0.0502. The van der Waals surface area contributed by atoms with E-state index in [-0.39, 0.29) is 23.9 Å². The number of nitrogens with zero attached hydrogens (tertiary/aromatic N) is 2. The Morgan fingerprint density at radius 2 is 1.46 bits per heavy atom. The smallest absolute Gasteiger partial charge is 0.312 e. The summed E-state index contributed by atoms with van der Waals surface area (Å²) in [7, 11) is 0. The normalized spacial score (nSPS) is 33.8. The molecular formula is C23H30N2O3. The van der Waals surface area contributed by atoms with Gasteiger partial charge in [-0.3, -0.25) is 9.59 Å². The number of piperazine rings is 1. The Hall–Kier alpha value is -2.04. The van der Waals surface area contributed by atoms with Crippen LogP contribution >= 0.6 is 0 Å². The van der Waals surface area contributed by atoms with Crippen LogP contribution in [0.5, 0.6) is 0 Å². The SMILES string of the molecule is O=C(COC(=O)C12CC3CC(CC(C3)C1)C2)N1CCN(c2ccccc2)CC1. The number of esters is 1. The molecule has 6 rings (SSSR count). The lowest BCUT2D eigenvalue weighted by atomic mass is 9.49. The first-order chi connectivity index (χ1) is 13.6. The van der Waals surface area contributed by atoms with Crippen molar-refractivity contribution in [2.24, 2.45) is 23.2 Å². The van der Waals surface area contributed by atoms with Crippen LogP contribution in [0.15, 0.2) is 30.3 Å². The molecule has 0 atom stereocenters. The number of anilines is 1. The number of carbonyl (C=O) groups excluding carboxylic acids is 2. The molecule has 1 heterocycles. The third-order valence-electron chi connectivity index (χ3n) is 7.55. The van der Waals surface area contributed by atoms with Crippen molar-refractivity contribution >= 4 is 17.6 Å². The molecule has 1 aliphatic heterocycles. The van der Waals surface area contributed by atoms with Crippen molar-refractivity contribution in [2.45, 2.75) is 38.5 Å². The van der Waals surface area contributed by atoms with Gasteiger partial charge in [0.25, 0.3) is 5.91 Å². The van der Waals surface area contributed by atoms with Crippen LogP contribution in [0.4, 0.5) is 5.69 Å². The van der Waals surface area contributed by atoms with Crippen LogP contribution in [0, 0.1) is 23.2 Å². The molecule has 5 nitrogen and oxygen atoms in total. The quantitative estimate of drug-likeness (QED) is 0.751. The fourth-order valence-electron chi connectivity index (χ4n) is 6.59. The molecule has 5 aliphatic rings. The molecule has 28 heavy (non-hydrogen) atoms. The Morgan fingerprint density at radius 3 is 2.04 bits per heavy atom. The van der Waals surface area contributed by atoms with E-state index >= 15 is 0 Å². The zero-order valence-corrected chi connectivity index (χ0v) is 16.5. The van der Waals surface area contributed by atoms with E-state index < -0.39 is 0 Å². The average Bonchev–Trinajstić information content (AvgIpc) is 2.71. The number of amides is 1. The van der Waals surface area contributed by atoms with E-state index in [1.54, 1.807) is 0 Å². The summed E-state index contributed by atoms with van der Waals surface area (Å²) in [5.74, 6) is 1.98. The predicted octanol–water partition coefficient (Wildman–Crippen LogP) is 3.09. The number of carbonyl (C=O) groups is 2. The van der Waals surface area contributed by atoms with Crippen LogP contribution in [0.1, 0.15) is 38.5 Å². The van der Waals surface area contributed by atoms with Gasteiger partial charge >= 0.3 is 5.97 Å². The Kier molecular flexibility index (Phi) is 4.56. The summed E-state index contributed by atoms with van der Waals surface area (Å²) in [5, 5.41) is 0. The van der Waals surface area contributed by atoms with E-state index in [0.29, 0.717) is 30.8 Å². The molecule has 1 aromatic carbocycles. The molecule has 0 radical (unpaired) electrons. The highest BCUT2D eigenvalue weighted by molar-refractivity contribution is 5.83. The number of rotatable bonds is 4. The average molecular weight is 383 g/mol. The maximum atomic E-state index is 12.9. The van der Waals surface area contributed by atoms with E-state index in [9.17, 15) is 9.59 Å². The van der Waals surface area contributed by atoms with Gasteiger partial charge in [0.1, 0.15) is 0 Å². The van der Waals surface area contributed by atoms with E-state index in [0.717, 1.165) is 32.4 Å². The van der Waals surface area contributed by atoms with Crippen LogP contribution in [-0.2, 0) is 14.3 Å². The van der Waals surface area contributed by atoms with Gasteiger partial charge in [-0.25, -0.2) is 0 Å². The Morgan fingerprint density at radius 1 is 0.893 bits per heavy atom. The lowest BCUT2D eigenvalue weighted by molar-refractivity contribution is -0.174. The number of para-hydroxylation sites is 1. The van der Waals surface area contributed by atoms with Crippen LogP contribution < -0.4 is 4.90 Å². The van der Waals surface area contributed by atoms with Crippen molar-refractivity contribution in [3.63, 3.8) is 0 Å². The first-order valence-electron chi connectivity index (χ1n) is 10.9. The first-order valence-corrected chi connectivity index (χ1v) is 10.9. The molecule has 0 unspecified atom stereocenters. The summed E-state index contributed by atoms with van der Waals surface area (Å²) < 4.78 is 5.61. The van der Waals surface area contributed by atoms with E-state index in [1.807, 2.05) is 23.1 Å². The van der Waals surface area contributed by atoms with Crippen molar-refractivity contribution < 1.29 is 14.3 Å². The van der Waals surface area contributed by atoms with Crippen LogP contribution in [0.2, 0.25) is 0 Å². The standard InChI is InChI=1S/C23H30N2O3/c26-21(25-8-6-24(7-9-25)20-4-2-1-3-5-20)16-28-22(27)23-13-17-10-18(14-23)12-19(11-17)15-23/h1-5,17-19H,6-16H2. The molecule has 0 N–H and O–H groups in total. The van der Waals surface area contributed by atoms with Gasteiger partial charge in [0.15, 0.2) is 6.61 Å². The summed E-state index contributed by atoms with van der Waals surface area (Å²) in [6.07, 6.45) is 6.87. The molecule has 150 valence electrons. The van der Waals surface area contributed by atoms with Gasteiger partial charge in [-0.05, 0) is 68.4 Å². The predicted molar refractivity (Wildman–Crippen MR) is 107 cm³/mol. The van der Waals surface area contributed by atoms with Gasteiger partial charge in [-0.15, -0.1) is 0 Å². The summed E-state index contributed by atoms with van der Waals surface area (Å²) in [6.45, 7) is 2.91. The second-order valence-electron chi connectivity index (χ2n) is 9.48. The molecule has 4 saturated carbocycles. The highest BCUT2D eigenvalue weighted by Crippen LogP contribution is 2.60. The highest BCUT2D eigenvalue weighted by Gasteiger charge is 2.55. The van der Waals surface area contributed by atoms with Crippen LogP contribution in [0.3, 0.4) is 0 Å². The van der Waals surface area contributed by atoms with E-state index in [4.69, 9.17) is 4.74 Å². The van der Waals surface area contributed by atoms with E-state index in [2.05, 4.69) is 17.0 Å². The first kappa shape index (κ1) is 18.0. The fraction of sp³-hybridized carbons (Fsp3) is 0.652. The zero-order valence-electron chi connectivity index (χ0n) is 16.5. The zero-order chi connectivity index (χ0) is 19.1. The van der Waals surface area contributed by atoms with Crippen LogP contribution in [-0.4, -0.2) is 49.6 Å². The maximum absolute atomic E-state index is 12.9. The molecule has 1 amide bonds. The molecule has 5 fully saturated rings. The number of ether oxygens (including phenoxy) is 1. The molecule has 1 saturated heterocycles. The Labute approximate surface area is 167 Å². The van der Waals surface area contributed by atoms with Crippen molar-refractivity contribution in [2.75, 3.05) is 37.7 Å². The minimum Gasteiger partial charge on any atom is -0.455 e. The second-order valence-corrected chi connectivity index (χ2v) is 9.48. The lowest BCUT2D eigenvalue weighted by Gasteiger charge is -2.55. The molecule has 1 aromatic rings. The molecule has 0 spiro atoms. The van der Waals surface area contributed by atoms with Gasteiger partial charge in [0, 0.05) is 31.9 Å². The third kappa shape index (κ3) is 3.29. The Balaban J connectivity index is 1.13. The monoisotopic (exact) mass is 382 g/mol. The lowest BCUT2D eigenvalue weighted by Crippen LogP contribution is -2.52. The summed E-state index contributed by atoms with van der Waals surface area (Å²) >= 11 is 0. The fourth-order valence-corrected chi connectivity index (χ4v) is 6.59. The van der Waals surface area contributed by atoms with Crippen molar-refractivity contribution in [1.29, 1.82) is 0 Å². The summed E-state index contributed by atoms with van der Waals surface area (Å²) in [5.41, 5.74) is 0.920. The second kappa shape index (κ2) is 7.09. The van der Waals surface area contributed by atoms with Crippen LogP contribution in [0.25, 0.3) is 0 Å². The number of hydrogen-bond donors (Lipinski definition) is 0. The Bertz CT molecular complexity index is 704. The maximum Gasteiger partial charge on any atom is 0.312 e. The van der Waals surface area contributed by atoms with Crippen molar-refractivity contribution in [3.8, 4) is 0 Å². The van der Waals surface area contributed by atoms with Gasteiger partial charge in [-0.1, -0.05) is 18.2 Å². The minimum atomic E-state index is -0.277. The largest absolute Gasteiger partial charge is 0.455 e. The molecule has 4 bridgehead atoms. The molecule has 5 heteroatoms. The topological polar surface area (TPSA) is 49.9 Å². The molecular weight excluding hydrogens is 352 g/mol. The van der Waals surface area contributed by atoms with Gasteiger partial charge in [0.05, 0.1) is 5.41 Å². The number of hydrogen-bond acceptors (Lipinski definition) is 4. The van der Waals surface area contributed by atoms with E-state index in [1.165, 1.54) is 24.9 Å². The van der Waals surface area contributed by atoms with Crippen molar-refractivity contribution in [3.05, 3.63) is 30.3 Å². The molecule has 4 aliphatic carbocycles. The van der Waals surface area contributed by atoms with Crippen molar-refractivity contribution in [1.82, 2.24) is 4.90 Å². The van der Waals surface area contributed by atoms with Gasteiger partial charge < -0.3 is 14.5 Å². The molecule has 0 aromatic heterocycles. The summed E-state index contributed by atoms with van der Waals surface area (Å²) in [6, 6.07) is 10.3. The number of benzene rings is 1. The van der Waals surface area contributed by atoms with Gasteiger partial charge in [0.2, 0.25) is 0 Å². The summed E-state index contributed by atoms with van der Waals surface area (Å²) in [4.78, 5) is 29.7.